The Balaban J connectivity index is 2.15. The standard InChI is InChI=1S/C14H16N4O3/c1-8(2)9-4-3-5-11-16-18(14(21)17(9)11)10-6-7-12(19)15-13(10)20/h3-5,8,10H,6-7H2,1-2H3,(H,15,19,20). The van der Waals surface area contributed by atoms with Gasteiger partial charge in [0.1, 0.15) is 6.04 Å². The molecule has 0 bridgehead atoms. The molecule has 3 rings (SSSR count). The molecule has 1 fully saturated rings. The van der Waals surface area contributed by atoms with Gasteiger partial charge in [0, 0.05) is 12.1 Å². The molecule has 1 atom stereocenters. The number of imide groups is 1. The van der Waals surface area contributed by atoms with Crippen molar-refractivity contribution >= 4 is 17.5 Å². The van der Waals surface area contributed by atoms with Crippen LogP contribution in [-0.4, -0.2) is 26.0 Å². The summed E-state index contributed by atoms with van der Waals surface area (Å²) in [5.74, 6) is -0.621. The van der Waals surface area contributed by atoms with Crippen molar-refractivity contribution in [2.45, 2.75) is 38.6 Å². The lowest BCUT2D eigenvalue weighted by Crippen LogP contribution is -2.44. The fraction of sp³-hybridized carbons (Fsp3) is 0.429. The summed E-state index contributed by atoms with van der Waals surface area (Å²) in [6.45, 7) is 3.98. The van der Waals surface area contributed by atoms with E-state index in [4.69, 9.17) is 0 Å². The van der Waals surface area contributed by atoms with Crippen LogP contribution in [0.25, 0.3) is 5.65 Å². The second-order valence-corrected chi connectivity index (χ2v) is 5.49. The zero-order valence-electron chi connectivity index (χ0n) is 11.9. The molecule has 1 unspecified atom stereocenters. The fourth-order valence-electron chi connectivity index (χ4n) is 2.63. The van der Waals surface area contributed by atoms with Crippen molar-refractivity contribution in [3.8, 4) is 0 Å². The second kappa shape index (κ2) is 4.83. The third-order valence-electron chi connectivity index (χ3n) is 3.69. The summed E-state index contributed by atoms with van der Waals surface area (Å²) in [5, 5.41) is 6.50. The number of carbonyl (C=O) groups is 2. The number of amides is 2. The first kappa shape index (κ1) is 13.5. The third-order valence-corrected chi connectivity index (χ3v) is 3.69. The van der Waals surface area contributed by atoms with E-state index in [1.165, 1.54) is 9.08 Å². The number of aromatic nitrogens is 3. The van der Waals surface area contributed by atoms with Gasteiger partial charge in [-0.15, -0.1) is 5.10 Å². The Hall–Kier alpha value is -2.44. The van der Waals surface area contributed by atoms with Gasteiger partial charge < -0.3 is 0 Å². The van der Waals surface area contributed by atoms with Crippen LogP contribution in [0.2, 0.25) is 0 Å². The molecule has 2 amide bonds. The van der Waals surface area contributed by atoms with Crippen molar-refractivity contribution in [3.63, 3.8) is 0 Å². The Morgan fingerprint density at radius 2 is 2.05 bits per heavy atom. The summed E-state index contributed by atoms with van der Waals surface area (Å²) in [6, 6.07) is 4.71. The van der Waals surface area contributed by atoms with Crippen LogP contribution in [0.4, 0.5) is 0 Å². The molecule has 1 N–H and O–H groups in total. The summed E-state index contributed by atoms with van der Waals surface area (Å²) in [4.78, 5) is 35.7. The number of nitrogens with one attached hydrogen (secondary N) is 1. The Morgan fingerprint density at radius 1 is 1.29 bits per heavy atom. The van der Waals surface area contributed by atoms with E-state index in [9.17, 15) is 14.4 Å². The number of rotatable bonds is 2. The lowest BCUT2D eigenvalue weighted by Gasteiger charge is -2.19. The molecule has 0 aliphatic carbocycles. The summed E-state index contributed by atoms with van der Waals surface area (Å²) < 4.78 is 2.71. The summed E-state index contributed by atoms with van der Waals surface area (Å²) in [6.07, 6.45) is 0.513. The van der Waals surface area contributed by atoms with Gasteiger partial charge in [-0.05, 0) is 24.5 Å². The van der Waals surface area contributed by atoms with Crippen LogP contribution in [0.1, 0.15) is 44.3 Å². The highest BCUT2D eigenvalue weighted by atomic mass is 16.2. The van der Waals surface area contributed by atoms with Crippen LogP contribution in [-0.2, 0) is 9.59 Å². The third kappa shape index (κ3) is 2.14. The Bertz CT molecular complexity index is 787. The first-order valence-corrected chi connectivity index (χ1v) is 6.93. The van der Waals surface area contributed by atoms with Crippen molar-refractivity contribution in [2.75, 3.05) is 0 Å². The van der Waals surface area contributed by atoms with Gasteiger partial charge in [-0.3, -0.25) is 14.9 Å². The van der Waals surface area contributed by atoms with Gasteiger partial charge in [0.15, 0.2) is 5.65 Å². The van der Waals surface area contributed by atoms with E-state index >= 15 is 0 Å². The maximum atomic E-state index is 12.6. The van der Waals surface area contributed by atoms with E-state index in [0.29, 0.717) is 12.1 Å². The molecule has 2 aromatic rings. The van der Waals surface area contributed by atoms with Gasteiger partial charge in [-0.25, -0.2) is 9.20 Å². The average Bonchev–Trinajstić information content (AvgIpc) is 2.76. The van der Waals surface area contributed by atoms with Crippen LogP contribution in [0.15, 0.2) is 23.0 Å². The summed E-state index contributed by atoms with van der Waals surface area (Å²) in [7, 11) is 0. The summed E-state index contributed by atoms with van der Waals surface area (Å²) >= 11 is 0. The zero-order chi connectivity index (χ0) is 15.1. The summed E-state index contributed by atoms with van der Waals surface area (Å²) in [5.41, 5.74) is 1.01. The van der Waals surface area contributed by atoms with Crippen LogP contribution >= 0.6 is 0 Å². The minimum Gasteiger partial charge on any atom is -0.295 e. The van der Waals surface area contributed by atoms with Crippen molar-refractivity contribution in [3.05, 3.63) is 34.4 Å². The molecule has 7 heteroatoms. The number of piperidine rings is 1. The number of hydrogen-bond donors (Lipinski definition) is 1. The van der Waals surface area contributed by atoms with Gasteiger partial charge >= 0.3 is 5.69 Å². The van der Waals surface area contributed by atoms with E-state index < -0.39 is 11.9 Å². The zero-order valence-corrected chi connectivity index (χ0v) is 11.9. The molecule has 3 heterocycles. The predicted molar refractivity (Wildman–Crippen MR) is 75.0 cm³/mol. The molecule has 1 aliphatic rings. The van der Waals surface area contributed by atoms with E-state index in [0.717, 1.165) is 5.69 Å². The fourth-order valence-corrected chi connectivity index (χ4v) is 2.63. The molecule has 0 saturated carbocycles. The van der Waals surface area contributed by atoms with Crippen molar-refractivity contribution < 1.29 is 9.59 Å². The molecule has 1 saturated heterocycles. The maximum absolute atomic E-state index is 12.6. The first-order valence-electron chi connectivity index (χ1n) is 6.93. The lowest BCUT2D eigenvalue weighted by atomic mass is 10.1. The maximum Gasteiger partial charge on any atom is 0.351 e. The molecule has 110 valence electrons. The lowest BCUT2D eigenvalue weighted by molar-refractivity contribution is -0.136. The topological polar surface area (TPSA) is 85.5 Å². The number of pyridine rings is 1. The number of carbonyl (C=O) groups excluding carboxylic acids is 2. The van der Waals surface area contributed by atoms with Crippen LogP contribution in [0, 0.1) is 0 Å². The molecule has 7 nitrogen and oxygen atoms in total. The second-order valence-electron chi connectivity index (χ2n) is 5.49. The molecule has 0 aromatic carbocycles. The van der Waals surface area contributed by atoms with Gasteiger partial charge in [-0.1, -0.05) is 19.9 Å². The van der Waals surface area contributed by atoms with Crippen molar-refractivity contribution in [2.24, 2.45) is 0 Å². The molecule has 0 spiro atoms. The van der Waals surface area contributed by atoms with Crippen LogP contribution in [0.3, 0.4) is 0 Å². The number of fused-ring (bicyclic) bond motifs is 1. The quantitative estimate of drug-likeness (QED) is 0.820. The van der Waals surface area contributed by atoms with Gasteiger partial charge in [0.25, 0.3) is 5.91 Å². The number of hydrogen-bond acceptors (Lipinski definition) is 4. The van der Waals surface area contributed by atoms with Crippen molar-refractivity contribution in [1.82, 2.24) is 19.5 Å². The molecule has 0 radical (unpaired) electrons. The molecular weight excluding hydrogens is 272 g/mol. The Kier molecular flexibility index (Phi) is 3.12. The average molecular weight is 288 g/mol. The SMILES string of the molecule is CC(C)c1cccc2nn(C3CCC(=O)NC3=O)c(=O)n12. The monoisotopic (exact) mass is 288 g/mol. The minimum absolute atomic E-state index is 0.158. The van der Waals surface area contributed by atoms with E-state index in [-0.39, 0.29) is 23.9 Å². The van der Waals surface area contributed by atoms with Gasteiger partial charge in [0.2, 0.25) is 5.91 Å². The predicted octanol–water partition coefficient (Wildman–Crippen LogP) is 0.597. The van der Waals surface area contributed by atoms with Gasteiger partial charge in [-0.2, -0.15) is 4.68 Å². The Labute approximate surface area is 120 Å². The highest BCUT2D eigenvalue weighted by Gasteiger charge is 2.31. The van der Waals surface area contributed by atoms with Crippen molar-refractivity contribution in [1.29, 1.82) is 0 Å². The molecule has 2 aromatic heterocycles. The molecule has 21 heavy (non-hydrogen) atoms. The molecule has 1 aliphatic heterocycles. The van der Waals surface area contributed by atoms with Gasteiger partial charge in [0.05, 0.1) is 0 Å². The number of nitrogens with zero attached hydrogens (tertiary/aromatic N) is 3. The molecular formula is C14H16N4O3. The Morgan fingerprint density at radius 3 is 2.71 bits per heavy atom. The first-order chi connectivity index (χ1) is 9.99. The largest absolute Gasteiger partial charge is 0.351 e. The smallest absolute Gasteiger partial charge is 0.295 e. The normalized spacial score (nSPS) is 19.3. The van der Waals surface area contributed by atoms with Crippen LogP contribution < -0.4 is 11.0 Å². The van der Waals surface area contributed by atoms with E-state index in [2.05, 4.69) is 10.4 Å². The highest BCUT2D eigenvalue weighted by Crippen LogP contribution is 2.18. The van der Waals surface area contributed by atoms with E-state index in [1.807, 2.05) is 26.0 Å². The van der Waals surface area contributed by atoms with E-state index in [1.54, 1.807) is 6.07 Å². The highest BCUT2D eigenvalue weighted by molar-refractivity contribution is 5.99. The van der Waals surface area contributed by atoms with Crippen LogP contribution in [0.5, 0.6) is 0 Å². The minimum atomic E-state index is -0.727.